The number of carbonyl (C=O) groups excluding carboxylic acids is 1. The fourth-order valence-corrected chi connectivity index (χ4v) is 5.81. The molecule has 1 amide bonds. The molecule has 3 saturated heterocycles. The van der Waals surface area contributed by atoms with Gasteiger partial charge in [-0.2, -0.15) is 0 Å². The molecule has 0 radical (unpaired) electrons. The molecule has 2 aromatic carbocycles. The molecule has 3 fully saturated rings. The minimum Gasteiger partial charge on any atom is -0.369 e. The van der Waals surface area contributed by atoms with Crippen molar-refractivity contribution in [1.82, 2.24) is 4.90 Å². The van der Waals surface area contributed by atoms with E-state index in [1.54, 1.807) is 28.8 Å². The molecule has 0 aromatic heterocycles. The van der Waals surface area contributed by atoms with Crippen LogP contribution in [0.2, 0.25) is 10.0 Å². The maximum atomic E-state index is 13.5. The summed E-state index contributed by atoms with van der Waals surface area (Å²) in [6.07, 6.45) is -0.239. The summed E-state index contributed by atoms with van der Waals surface area (Å²) >= 11 is 13.9. The van der Waals surface area contributed by atoms with Gasteiger partial charge >= 0.3 is 0 Å². The third kappa shape index (κ3) is 3.49. The third-order valence-corrected chi connectivity index (χ3v) is 8.07. The van der Waals surface area contributed by atoms with Crippen molar-refractivity contribution in [3.8, 4) is 0 Å². The summed E-state index contributed by atoms with van der Waals surface area (Å²) in [6.45, 7) is 4.64. The van der Waals surface area contributed by atoms with Crippen LogP contribution in [0.1, 0.15) is 11.7 Å². The lowest BCUT2D eigenvalue weighted by Crippen LogP contribution is -2.46. The number of ether oxygens (including phenoxy) is 1. The average molecular weight is 464 g/mol. The number of piperazine rings is 1. The van der Waals surface area contributed by atoms with Crippen LogP contribution in [-0.2, 0) is 9.53 Å². The van der Waals surface area contributed by atoms with Gasteiger partial charge < -0.3 is 19.4 Å². The lowest BCUT2D eigenvalue weighted by atomic mass is 10.0. The summed E-state index contributed by atoms with van der Waals surface area (Å²) in [5.74, 6) is 0.787. The Morgan fingerprint density at radius 1 is 1.03 bits per heavy atom. The van der Waals surface area contributed by atoms with Gasteiger partial charge in [-0.05, 0) is 31.3 Å². The average Bonchev–Trinajstić information content (AvgIpc) is 3.48. The Balaban J connectivity index is 1.41. The number of carbonyl (C=O) groups is 1. The third-order valence-electron chi connectivity index (χ3n) is 6.03. The highest BCUT2D eigenvalue weighted by atomic mass is 35.5. The Morgan fingerprint density at radius 3 is 2.57 bits per heavy atom. The molecular formula is C22H23Cl2N3O2S. The molecule has 5 nitrogen and oxygen atoms in total. The van der Waals surface area contributed by atoms with Crippen molar-refractivity contribution >= 4 is 52.2 Å². The van der Waals surface area contributed by atoms with E-state index >= 15 is 0 Å². The predicted molar refractivity (Wildman–Crippen MR) is 124 cm³/mol. The van der Waals surface area contributed by atoms with Gasteiger partial charge in [0.2, 0.25) is 4.93 Å². The highest BCUT2D eigenvalue weighted by molar-refractivity contribution is 8.01. The standard InChI is InChI=1S/C22H23Cl2N3O2S/c1-25-8-10-26(11-9-25)19-5-3-2-4-16(19)20-22(29-20)21(28)27(12-13-30-22)15-6-7-17(23)18(24)14-15/h2-7,14,20H,8-13H2,1H3. The van der Waals surface area contributed by atoms with E-state index in [9.17, 15) is 4.79 Å². The van der Waals surface area contributed by atoms with Crippen LogP contribution in [0.5, 0.6) is 0 Å². The second-order valence-corrected chi connectivity index (χ2v) is 10.0. The van der Waals surface area contributed by atoms with E-state index in [2.05, 4.69) is 35.0 Å². The van der Waals surface area contributed by atoms with Crippen molar-refractivity contribution in [2.24, 2.45) is 0 Å². The van der Waals surface area contributed by atoms with Gasteiger partial charge in [-0.15, -0.1) is 11.8 Å². The number of anilines is 2. The zero-order chi connectivity index (χ0) is 20.9. The molecule has 5 rings (SSSR count). The number of hydrogen-bond donors (Lipinski definition) is 0. The fourth-order valence-electron chi connectivity index (χ4n) is 4.27. The quantitative estimate of drug-likeness (QED) is 0.634. The van der Waals surface area contributed by atoms with Crippen LogP contribution in [0.4, 0.5) is 11.4 Å². The number of halogens is 2. The molecule has 2 atom stereocenters. The summed E-state index contributed by atoms with van der Waals surface area (Å²) < 4.78 is 6.18. The number of hydrogen-bond acceptors (Lipinski definition) is 5. The minimum atomic E-state index is -0.854. The fraction of sp³-hybridized carbons (Fsp3) is 0.409. The van der Waals surface area contributed by atoms with Crippen LogP contribution < -0.4 is 9.80 Å². The summed E-state index contributed by atoms with van der Waals surface area (Å²) in [6, 6.07) is 13.6. The van der Waals surface area contributed by atoms with Gasteiger partial charge in [-0.1, -0.05) is 41.4 Å². The number of amides is 1. The van der Waals surface area contributed by atoms with E-state index in [1.165, 1.54) is 5.69 Å². The molecule has 30 heavy (non-hydrogen) atoms. The van der Waals surface area contributed by atoms with Crippen LogP contribution >= 0.6 is 35.0 Å². The first-order chi connectivity index (χ1) is 14.5. The summed E-state index contributed by atoms with van der Waals surface area (Å²) in [4.78, 5) is 19.2. The van der Waals surface area contributed by atoms with E-state index in [1.807, 2.05) is 12.1 Å². The molecule has 0 saturated carbocycles. The number of benzene rings is 2. The van der Waals surface area contributed by atoms with Gasteiger partial charge in [0.05, 0.1) is 10.0 Å². The molecule has 158 valence electrons. The molecule has 2 aromatic rings. The van der Waals surface area contributed by atoms with Gasteiger partial charge in [-0.3, -0.25) is 4.79 Å². The SMILES string of the molecule is CN1CCN(c2ccccc2C2OC23SCCN(c2ccc(Cl)c(Cl)c2)C3=O)CC1. The lowest BCUT2D eigenvalue weighted by molar-refractivity contribution is -0.121. The van der Waals surface area contributed by atoms with E-state index in [4.69, 9.17) is 27.9 Å². The van der Waals surface area contributed by atoms with Crippen molar-refractivity contribution in [3.05, 3.63) is 58.1 Å². The number of likely N-dealkylation sites (N-methyl/N-ethyl adjacent to an activating group) is 1. The first kappa shape index (κ1) is 20.5. The van der Waals surface area contributed by atoms with Crippen LogP contribution in [0.25, 0.3) is 0 Å². The highest BCUT2D eigenvalue weighted by Gasteiger charge is 2.67. The second kappa shape index (κ2) is 7.92. The maximum absolute atomic E-state index is 13.5. The molecule has 2 unspecified atom stereocenters. The van der Waals surface area contributed by atoms with Gasteiger partial charge in [0.25, 0.3) is 5.91 Å². The molecule has 3 aliphatic rings. The Labute approximate surface area is 190 Å². The maximum Gasteiger partial charge on any atom is 0.273 e. The predicted octanol–water partition coefficient (Wildman–Crippen LogP) is 4.29. The van der Waals surface area contributed by atoms with Crippen LogP contribution in [0.15, 0.2) is 42.5 Å². The Hall–Kier alpha value is -1.44. The Bertz CT molecular complexity index is 983. The zero-order valence-electron chi connectivity index (χ0n) is 16.7. The van der Waals surface area contributed by atoms with Gasteiger partial charge in [-0.25, -0.2) is 0 Å². The van der Waals surface area contributed by atoms with E-state index in [-0.39, 0.29) is 12.0 Å². The molecule has 0 bridgehead atoms. The highest BCUT2D eigenvalue weighted by Crippen LogP contribution is 2.61. The van der Waals surface area contributed by atoms with E-state index in [0.29, 0.717) is 16.6 Å². The van der Waals surface area contributed by atoms with E-state index < -0.39 is 4.93 Å². The van der Waals surface area contributed by atoms with Crippen LogP contribution in [0.3, 0.4) is 0 Å². The molecule has 0 N–H and O–H groups in total. The van der Waals surface area contributed by atoms with Crippen molar-refractivity contribution in [1.29, 1.82) is 0 Å². The Morgan fingerprint density at radius 2 is 1.80 bits per heavy atom. The van der Waals surface area contributed by atoms with Crippen molar-refractivity contribution in [2.45, 2.75) is 11.0 Å². The van der Waals surface area contributed by atoms with E-state index in [0.717, 1.165) is 43.2 Å². The molecule has 1 spiro atoms. The molecular weight excluding hydrogens is 441 g/mol. The zero-order valence-corrected chi connectivity index (χ0v) is 19.0. The topological polar surface area (TPSA) is 39.3 Å². The largest absolute Gasteiger partial charge is 0.369 e. The number of para-hydroxylation sites is 1. The smallest absolute Gasteiger partial charge is 0.273 e. The van der Waals surface area contributed by atoms with Gasteiger partial charge in [0.15, 0.2) is 0 Å². The number of rotatable bonds is 3. The van der Waals surface area contributed by atoms with Crippen LogP contribution in [0, 0.1) is 0 Å². The molecule has 3 aliphatic heterocycles. The summed E-state index contributed by atoms with van der Waals surface area (Å²) in [5.41, 5.74) is 3.03. The Kier molecular flexibility index (Phi) is 5.40. The van der Waals surface area contributed by atoms with Crippen molar-refractivity contribution in [2.75, 3.05) is 55.3 Å². The van der Waals surface area contributed by atoms with Crippen LogP contribution in [-0.4, -0.2) is 61.3 Å². The summed E-state index contributed by atoms with van der Waals surface area (Å²) in [7, 11) is 2.15. The first-order valence-corrected chi connectivity index (χ1v) is 11.8. The number of epoxide rings is 1. The number of thioether (sulfide) groups is 1. The van der Waals surface area contributed by atoms with Crippen molar-refractivity contribution in [3.63, 3.8) is 0 Å². The normalized spacial score (nSPS) is 27.0. The molecule has 3 heterocycles. The first-order valence-electron chi connectivity index (χ1n) is 10.1. The van der Waals surface area contributed by atoms with Crippen molar-refractivity contribution < 1.29 is 9.53 Å². The van der Waals surface area contributed by atoms with Gasteiger partial charge in [0.1, 0.15) is 6.10 Å². The second-order valence-electron chi connectivity index (χ2n) is 7.92. The minimum absolute atomic E-state index is 0.0182. The molecule has 8 heteroatoms. The summed E-state index contributed by atoms with van der Waals surface area (Å²) in [5, 5.41) is 0.929. The monoisotopic (exact) mass is 463 g/mol. The lowest BCUT2D eigenvalue weighted by Gasteiger charge is -2.35. The molecule has 0 aliphatic carbocycles. The van der Waals surface area contributed by atoms with Gasteiger partial charge in [0, 0.05) is 55.4 Å². The number of nitrogens with zero attached hydrogens (tertiary/aromatic N) is 3.